The van der Waals surface area contributed by atoms with Gasteiger partial charge in [0, 0.05) is 17.8 Å². The summed E-state index contributed by atoms with van der Waals surface area (Å²) in [6.07, 6.45) is 2.34. The second kappa shape index (κ2) is 7.31. The fourth-order valence-electron chi connectivity index (χ4n) is 3.27. The van der Waals surface area contributed by atoms with Gasteiger partial charge in [0.1, 0.15) is 10.9 Å². The molecule has 28 heavy (non-hydrogen) atoms. The smallest absolute Gasteiger partial charge is 0.237 e. The lowest BCUT2D eigenvalue weighted by molar-refractivity contribution is -0.115. The topological polar surface area (TPSA) is 72.4 Å². The normalized spacial score (nSPS) is 12.6. The first-order valence-electron chi connectivity index (χ1n) is 9.24. The first-order valence-corrected chi connectivity index (χ1v) is 10.1. The van der Waals surface area contributed by atoms with Gasteiger partial charge < -0.3 is 9.73 Å². The predicted molar refractivity (Wildman–Crippen MR) is 112 cm³/mol. The number of anilines is 1. The Labute approximate surface area is 167 Å². The summed E-state index contributed by atoms with van der Waals surface area (Å²) in [4.78, 5) is 12.9. The molecule has 0 fully saturated rings. The number of furan rings is 1. The van der Waals surface area contributed by atoms with Crippen molar-refractivity contribution >= 4 is 40.0 Å². The largest absolute Gasteiger partial charge is 0.463 e. The summed E-state index contributed by atoms with van der Waals surface area (Å²) in [6, 6.07) is 9.92. The number of amides is 1. The number of carbonyl (C=O) groups excluding carboxylic acids is 1. The van der Waals surface area contributed by atoms with Crippen LogP contribution in [0.5, 0.6) is 0 Å². The molecule has 7 heteroatoms. The van der Waals surface area contributed by atoms with Gasteiger partial charge in [-0.1, -0.05) is 30.8 Å². The van der Waals surface area contributed by atoms with Gasteiger partial charge in [-0.05, 0) is 44.4 Å². The Morgan fingerprint density at radius 2 is 2.00 bits per heavy atom. The highest BCUT2D eigenvalue weighted by atomic mass is 32.2. The molecule has 1 amide bonds. The first-order chi connectivity index (χ1) is 13.5. The fourth-order valence-corrected chi connectivity index (χ4v) is 4.23. The summed E-state index contributed by atoms with van der Waals surface area (Å²) in [7, 11) is 0. The lowest BCUT2D eigenvalue weighted by Gasteiger charge is -2.16. The minimum atomic E-state index is -0.276. The van der Waals surface area contributed by atoms with Crippen LogP contribution >= 0.6 is 11.8 Å². The number of aryl methyl sites for hydroxylation is 3. The molecule has 144 valence electrons. The van der Waals surface area contributed by atoms with Crippen molar-refractivity contribution in [1.82, 2.24) is 14.6 Å². The number of carbonyl (C=O) groups is 1. The number of hydrogen-bond acceptors (Lipinski definition) is 5. The molecule has 0 aliphatic rings. The van der Waals surface area contributed by atoms with Crippen LogP contribution in [0.3, 0.4) is 0 Å². The van der Waals surface area contributed by atoms with Crippen LogP contribution in [0.15, 0.2) is 46.0 Å². The molecular formula is C21H22N4O2S. The highest BCUT2D eigenvalue weighted by Crippen LogP contribution is 2.32. The Bertz CT molecular complexity index is 1180. The fraction of sp³-hybridized carbons (Fsp3) is 0.286. The van der Waals surface area contributed by atoms with E-state index in [9.17, 15) is 4.79 Å². The van der Waals surface area contributed by atoms with E-state index >= 15 is 0 Å². The maximum Gasteiger partial charge on any atom is 0.237 e. The average molecular weight is 395 g/mol. The minimum absolute atomic E-state index is 0.0306. The van der Waals surface area contributed by atoms with Crippen LogP contribution in [0.2, 0.25) is 0 Å². The van der Waals surface area contributed by atoms with E-state index in [1.807, 2.05) is 62.4 Å². The number of fused-ring (bicyclic) bond motifs is 3. The number of benzene rings is 1. The average Bonchev–Trinajstić information content (AvgIpc) is 3.25. The van der Waals surface area contributed by atoms with E-state index in [0.29, 0.717) is 6.42 Å². The lowest BCUT2D eigenvalue weighted by Crippen LogP contribution is -2.25. The summed E-state index contributed by atoms with van der Waals surface area (Å²) in [5.74, 6) is 0.751. The Hall–Kier alpha value is -2.80. The second-order valence-electron chi connectivity index (χ2n) is 6.91. The second-order valence-corrected chi connectivity index (χ2v) is 8.10. The van der Waals surface area contributed by atoms with Crippen molar-refractivity contribution in [3.05, 3.63) is 53.5 Å². The summed E-state index contributed by atoms with van der Waals surface area (Å²) in [5, 5.41) is 12.2. The highest BCUT2D eigenvalue weighted by Gasteiger charge is 2.22. The molecule has 0 aliphatic carbocycles. The van der Waals surface area contributed by atoms with Gasteiger partial charge in [0.05, 0.1) is 22.5 Å². The predicted octanol–water partition coefficient (Wildman–Crippen LogP) is 4.91. The van der Waals surface area contributed by atoms with Gasteiger partial charge in [0.25, 0.3) is 0 Å². The summed E-state index contributed by atoms with van der Waals surface area (Å²) in [6.45, 7) is 7.92. The molecule has 1 atom stereocenters. The van der Waals surface area contributed by atoms with Gasteiger partial charge in [-0.2, -0.15) is 0 Å². The van der Waals surface area contributed by atoms with E-state index in [0.717, 1.165) is 44.3 Å². The third-order valence-electron chi connectivity index (χ3n) is 4.82. The monoisotopic (exact) mass is 394 g/mol. The Balaban J connectivity index is 1.64. The number of nitrogens with zero attached hydrogens (tertiary/aromatic N) is 3. The van der Waals surface area contributed by atoms with Crippen LogP contribution in [-0.2, 0) is 4.79 Å². The number of aromatic nitrogens is 3. The molecule has 0 unspecified atom stereocenters. The molecule has 0 saturated heterocycles. The first kappa shape index (κ1) is 18.6. The lowest BCUT2D eigenvalue weighted by atomic mass is 10.1. The molecule has 0 bridgehead atoms. The van der Waals surface area contributed by atoms with Crippen molar-refractivity contribution in [2.24, 2.45) is 0 Å². The maximum atomic E-state index is 12.9. The van der Waals surface area contributed by atoms with Crippen molar-refractivity contribution in [2.75, 3.05) is 5.32 Å². The molecule has 3 aromatic heterocycles. The molecule has 1 N–H and O–H groups in total. The van der Waals surface area contributed by atoms with Crippen LogP contribution in [0.1, 0.15) is 30.3 Å². The van der Waals surface area contributed by atoms with Gasteiger partial charge in [0.2, 0.25) is 5.91 Å². The Morgan fingerprint density at radius 1 is 1.18 bits per heavy atom. The standard InChI is InChI=1S/C21H22N4O2S/c1-5-19(20(26)22-15-10-12(2)6-7-13(15)3)28-21-17-11-18-16(8-9-27-18)25(17)14(4)23-24-21/h6-11,19H,5H2,1-4H3,(H,22,26)/t19-/m1/s1. The molecule has 4 aromatic rings. The summed E-state index contributed by atoms with van der Waals surface area (Å²) < 4.78 is 7.55. The zero-order valence-corrected chi connectivity index (χ0v) is 17.1. The molecule has 0 saturated carbocycles. The number of hydrogen-bond donors (Lipinski definition) is 1. The Kier molecular flexibility index (Phi) is 4.85. The van der Waals surface area contributed by atoms with Crippen molar-refractivity contribution in [3.63, 3.8) is 0 Å². The van der Waals surface area contributed by atoms with Gasteiger partial charge in [-0.3, -0.25) is 9.20 Å². The zero-order valence-electron chi connectivity index (χ0n) is 16.3. The van der Waals surface area contributed by atoms with Crippen LogP contribution in [0, 0.1) is 20.8 Å². The summed E-state index contributed by atoms with van der Waals surface area (Å²) >= 11 is 1.43. The molecule has 4 rings (SSSR count). The van der Waals surface area contributed by atoms with Crippen LogP contribution < -0.4 is 5.32 Å². The SMILES string of the molecule is CC[C@@H](Sc1nnc(C)n2c1cc1occc12)C(=O)Nc1cc(C)ccc1C. The van der Waals surface area contributed by atoms with Crippen molar-refractivity contribution < 1.29 is 9.21 Å². The van der Waals surface area contributed by atoms with Crippen LogP contribution in [-0.4, -0.2) is 25.8 Å². The van der Waals surface area contributed by atoms with E-state index in [1.54, 1.807) is 6.26 Å². The molecule has 0 spiro atoms. The third kappa shape index (κ3) is 3.26. The maximum absolute atomic E-state index is 12.9. The van der Waals surface area contributed by atoms with E-state index in [4.69, 9.17) is 4.42 Å². The molecule has 0 aliphatic heterocycles. The molecule has 0 radical (unpaired) electrons. The highest BCUT2D eigenvalue weighted by molar-refractivity contribution is 8.00. The van der Waals surface area contributed by atoms with Crippen molar-refractivity contribution in [1.29, 1.82) is 0 Å². The van der Waals surface area contributed by atoms with E-state index in [1.165, 1.54) is 11.8 Å². The number of rotatable bonds is 5. The Morgan fingerprint density at radius 3 is 2.79 bits per heavy atom. The van der Waals surface area contributed by atoms with E-state index < -0.39 is 0 Å². The number of nitrogens with one attached hydrogen (secondary N) is 1. The van der Waals surface area contributed by atoms with Gasteiger partial charge in [0.15, 0.2) is 5.58 Å². The third-order valence-corrected chi connectivity index (χ3v) is 6.17. The minimum Gasteiger partial charge on any atom is -0.463 e. The zero-order chi connectivity index (χ0) is 19.8. The van der Waals surface area contributed by atoms with Gasteiger partial charge in [-0.15, -0.1) is 10.2 Å². The molecule has 1 aromatic carbocycles. The quantitative estimate of drug-likeness (QED) is 0.487. The van der Waals surface area contributed by atoms with Gasteiger partial charge in [-0.25, -0.2) is 0 Å². The molecule has 3 heterocycles. The number of thioether (sulfide) groups is 1. The summed E-state index contributed by atoms with van der Waals surface area (Å²) in [5.41, 5.74) is 5.66. The molecule has 6 nitrogen and oxygen atoms in total. The van der Waals surface area contributed by atoms with Crippen molar-refractivity contribution in [2.45, 2.75) is 44.4 Å². The van der Waals surface area contributed by atoms with Gasteiger partial charge >= 0.3 is 0 Å². The van der Waals surface area contributed by atoms with Crippen molar-refractivity contribution in [3.8, 4) is 0 Å². The molecular weight excluding hydrogens is 372 g/mol. The van der Waals surface area contributed by atoms with E-state index in [-0.39, 0.29) is 11.2 Å². The van der Waals surface area contributed by atoms with E-state index in [2.05, 4.69) is 15.5 Å². The van der Waals surface area contributed by atoms with Crippen LogP contribution in [0.25, 0.3) is 16.6 Å². The van der Waals surface area contributed by atoms with Crippen LogP contribution in [0.4, 0.5) is 5.69 Å².